The second-order valence-corrected chi connectivity index (χ2v) is 6.58. The van der Waals surface area contributed by atoms with E-state index < -0.39 is 0 Å². The van der Waals surface area contributed by atoms with Crippen LogP contribution in [0, 0.1) is 6.92 Å². The SMILES string of the molecule is Cc1cc2c3ccccc3c(-c3ccccc3)c(-c3ccccc3)n2n1. The monoisotopic (exact) mass is 334 g/mol. The van der Waals surface area contributed by atoms with E-state index in [1.165, 1.54) is 27.5 Å². The van der Waals surface area contributed by atoms with Crippen LogP contribution in [0.2, 0.25) is 0 Å². The summed E-state index contributed by atoms with van der Waals surface area (Å²) in [5.41, 5.74) is 6.92. The second-order valence-electron chi connectivity index (χ2n) is 6.58. The van der Waals surface area contributed by atoms with Crippen molar-refractivity contribution in [2.75, 3.05) is 0 Å². The van der Waals surface area contributed by atoms with E-state index in [1.807, 2.05) is 0 Å². The predicted octanol–water partition coefficient (Wildman–Crippen LogP) is 6.13. The van der Waals surface area contributed by atoms with Crippen molar-refractivity contribution in [1.82, 2.24) is 9.61 Å². The number of nitrogens with zero attached hydrogens (tertiary/aromatic N) is 2. The van der Waals surface area contributed by atoms with E-state index in [1.54, 1.807) is 0 Å². The first kappa shape index (κ1) is 14.9. The van der Waals surface area contributed by atoms with Crippen LogP contribution in [0.25, 0.3) is 38.7 Å². The van der Waals surface area contributed by atoms with Crippen molar-refractivity contribution in [1.29, 1.82) is 0 Å². The molecular formula is C24H18N2. The Morgan fingerprint density at radius 3 is 1.92 bits per heavy atom. The van der Waals surface area contributed by atoms with Crippen LogP contribution in [0.5, 0.6) is 0 Å². The highest BCUT2D eigenvalue weighted by Crippen LogP contribution is 2.39. The van der Waals surface area contributed by atoms with Crippen molar-refractivity contribution in [2.45, 2.75) is 6.92 Å². The Hall–Kier alpha value is -3.39. The number of rotatable bonds is 2. The highest BCUT2D eigenvalue weighted by atomic mass is 15.2. The van der Waals surface area contributed by atoms with Crippen molar-refractivity contribution < 1.29 is 0 Å². The normalized spacial score (nSPS) is 11.3. The molecule has 0 atom stereocenters. The van der Waals surface area contributed by atoms with Crippen LogP contribution in [-0.2, 0) is 0 Å². The molecular weight excluding hydrogens is 316 g/mol. The van der Waals surface area contributed by atoms with Crippen LogP contribution in [0.15, 0.2) is 91.0 Å². The molecule has 0 saturated carbocycles. The Balaban J connectivity index is 2.05. The van der Waals surface area contributed by atoms with Gasteiger partial charge in [0.05, 0.1) is 16.9 Å². The molecule has 5 rings (SSSR count). The summed E-state index contributed by atoms with van der Waals surface area (Å²) in [6.07, 6.45) is 0. The molecule has 0 aliphatic carbocycles. The minimum absolute atomic E-state index is 1.03. The third-order valence-corrected chi connectivity index (χ3v) is 4.86. The topological polar surface area (TPSA) is 17.3 Å². The van der Waals surface area contributed by atoms with Gasteiger partial charge in [-0.15, -0.1) is 0 Å². The molecule has 0 N–H and O–H groups in total. The lowest BCUT2D eigenvalue weighted by Gasteiger charge is -2.16. The van der Waals surface area contributed by atoms with Crippen molar-refractivity contribution in [2.24, 2.45) is 0 Å². The Morgan fingerprint density at radius 2 is 1.23 bits per heavy atom. The number of aryl methyl sites for hydroxylation is 1. The van der Waals surface area contributed by atoms with Crippen molar-refractivity contribution >= 4 is 16.3 Å². The minimum Gasteiger partial charge on any atom is -0.232 e. The van der Waals surface area contributed by atoms with Crippen LogP contribution in [0.1, 0.15) is 5.69 Å². The molecule has 0 fully saturated rings. The summed E-state index contributed by atoms with van der Waals surface area (Å²) in [7, 11) is 0. The van der Waals surface area contributed by atoms with Crippen molar-refractivity contribution in [3.8, 4) is 22.4 Å². The minimum atomic E-state index is 1.03. The summed E-state index contributed by atoms with van der Waals surface area (Å²) >= 11 is 0. The van der Waals surface area contributed by atoms with Crippen LogP contribution < -0.4 is 0 Å². The lowest BCUT2D eigenvalue weighted by molar-refractivity contribution is 0.947. The largest absolute Gasteiger partial charge is 0.232 e. The Morgan fingerprint density at radius 1 is 0.654 bits per heavy atom. The molecule has 0 aliphatic heterocycles. The average molecular weight is 334 g/mol. The van der Waals surface area contributed by atoms with Gasteiger partial charge in [-0.1, -0.05) is 84.9 Å². The molecule has 0 radical (unpaired) electrons. The van der Waals surface area contributed by atoms with Gasteiger partial charge in [-0.3, -0.25) is 0 Å². The van der Waals surface area contributed by atoms with Crippen molar-refractivity contribution in [3.05, 3.63) is 96.7 Å². The highest BCUT2D eigenvalue weighted by molar-refractivity contribution is 6.09. The van der Waals surface area contributed by atoms with E-state index in [0.717, 1.165) is 16.9 Å². The van der Waals surface area contributed by atoms with Gasteiger partial charge in [-0.25, -0.2) is 4.52 Å². The fraction of sp³-hybridized carbons (Fsp3) is 0.0417. The van der Waals surface area contributed by atoms with Gasteiger partial charge in [-0.05, 0) is 23.9 Å². The first-order valence-corrected chi connectivity index (χ1v) is 8.85. The van der Waals surface area contributed by atoms with Crippen LogP contribution >= 0.6 is 0 Å². The summed E-state index contributed by atoms with van der Waals surface area (Å²) in [6.45, 7) is 2.05. The number of hydrogen-bond donors (Lipinski definition) is 0. The van der Waals surface area contributed by atoms with E-state index in [0.29, 0.717) is 0 Å². The average Bonchev–Trinajstić information content (AvgIpc) is 3.09. The fourth-order valence-electron chi connectivity index (χ4n) is 3.78. The highest BCUT2D eigenvalue weighted by Gasteiger charge is 2.18. The van der Waals surface area contributed by atoms with E-state index in [9.17, 15) is 0 Å². The summed E-state index contributed by atoms with van der Waals surface area (Å²) in [6, 6.07) is 31.9. The summed E-state index contributed by atoms with van der Waals surface area (Å²) < 4.78 is 2.11. The van der Waals surface area contributed by atoms with Crippen LogP contribution in [-0.4, -0.2) is 9.61 Å². The van der Waals surface area contributed by atoms with Crippen molar-refractivity contribution in [3.63, 3.8) is 0 Å². The van der Waals surface area contributed by atoms with E-state index in [-0.39, 0.29) is 0 Å². The fourth-order valence-corrected chi connectivity index (χ4v) is 3.78. The first-order chi connectivity index (χ1) is 12.8. The predicted molar refractivity (Wildman–Crippen MR) is 108 cm³/mol. The van der Waals surface area contributed by atoms with E-state index in [2.05, 4.69) is 102 Å². The summed E-state index contributed by atoms with van der Waals surface area (Å²) in [4.78, 5) is 0. The smallest absolute Gasteiger partial charge is 0.0809 e. The summed E-state index contributed by atoms with van der Waals surface area (Å²) in [5, 5.41) is 7.33. The third kappa shape index (κ3) is 2.23. The maximum atomic E-state index is 4.84. The zero-order valence-corrected chi connectivity index (χ0v) is 14.6. The molecule has 2 heteroatoms. The number of aromatic nitrogens is 2. The Labute approximate surface area is 152 Å². The van der Waals surface area contributed by atoms with Gasteiger partial charge in [0.2, 0.25) is 0 Å². The molecule has 0 amide bonds. The lowest BCUT2D eigenvalue weighted by atomic mass is 9.93. The van der Waals surface area contributed by atoms with Gasteiger partial charge in [0.25, 0.3) is 0 Å². The quantitative estimate of drug-likeness (QED) is 0.379. The number of pyridine rings is 1. The third-order valence-electron chi connectivity index (χ3n) is 4.86. The Kier molecular flexibility index (Phi) is 3.36. The van der Waals surface area contributed by atoms with Gasteiger partial charge >= 0.3 is 0 Å². The van der Waals surface area contributed by atoms with Gasteiger partial charge in [-0.2, -0.15) is 5.10 Å². The first-order valence-electron chi connectivity index (χ1n) is 8.85. The molecule has 5 aromatic rings. The van der Waals surface area contributed by atoms with Crippen LogP contribution in [0.3, 0.4) is 0 Å². The summed E-state index contributed by atoms with van der Waals surface area (Å²) in [5.74, 6) is 0. The maximum absolute atomic E-state index is 4.84. The maximum Gasteiger partial charge on any atom is 0.0809 e. The standard InChI is InChI=1S/C24H18N2/c1-17-16-22-20-14-8-9-15-21(20)23(18-10-4-2-5-11-18)24(26(22)25-17)19-12-6-3-7-13-19/h2-16H,1H3. The molecule has 3 aromatic carbocycles. The van der Waals surface area contributed by atoms with Gasteiger partial charge in [0.15, 0.2) is 0 Å². The van der Waals surface area contributed by atoms with Gasteiger partial charge in [0.1, 0.15) is 0 Å². The second kappa shape index (κ2) is 5.85. The Bertz CT molecular complexity index is 1220. The van der Waals surface area contributed by atoms with E-state index >= 15 is 0 Å². The van der Waals surface area contributed by atoms with Gasteiger partial charge in [0, 0.05) is 16.5 Å². The molecule has 0 saturated heterocycles. The molecule has 26 heavy (non-hydrogen) atoms. The van der Waals surface area contributed by atoms with E-state index in [4.69, 9.17) is 5.10 Å². The number of benzene rings is 3. The zero-order chi connectivity index (χ0) is 17.5. The van der Waals surface area contributed by atoms with Gasteiger partial charge < -0.3 is 0 Å². The van der Waals surface area contributed by atoms with Crippen LogP contribution in [0.4, 0.5) is 0 Å². The number of fused-ring (bicyclic) bond motifs is 3. The number of hydrogen-bond acceptors (Lipinski definition) is 1. The molecule has 0 unspecified atom stereocenters. The molecule has 0 aliphatic rings. The molecule has 124 valence electrons. The molecule has 0 spiro atoms. The molecule has 2 nitrogen and oxygen atoms in total. The lowest BCUT2D eigenvalue weighted by Crippen LogP contribution is -1.99. The molecule has 2 heterocycles. The molecule has 2 aromatic heterocycles. The zero-order valence-electron chi connectivity index (χ0n) is 14.6. The molecule has 0 bridgehead atoms.